The van der Waals surface area contributed by atoms with Gasteiger partial charge in [-0.05, 0) is 43.3 Å². The highest BCUT2D eigenvalue weighted by Gasteiger charge is 2.17. The summed E-state index contributed by atoms with van der Waals surface area (Å²) in [6.07, 6.45) is 2.08. The van der Waals surface area contributed by atoms with Crippen LogP contribution < -0.4 is 10.1 Å². The fourth-order valence-corrected chi connectivity index (χ4v) is 2.14. The van der Waals surface area contributed by atoms with Gasteiger partial charge in [0.05, 0.1) is 18.8 Å². The second-order valence-electron chi connectivity index (χ2n) is 4.41. The van der Waals surface area contributed by atoms with Crippen molar-refractivity contribution in [2.24, 2.45) is 0 Å². The third kappa shape index (κ3) is 3.30. The second-order valence-corrected chi connectivity index (χ2v) is 4.41. The zero-order valence-corrected chi connectivity index (χ0v) is 11.4. The first-order chi connectivity index (χ1) is 9.63. The summed E-state index contributed by atoms with van der Waals surface area (Å²) in [7, 11) is 3.34. The van der Waals surface area contributed by atoms with Gasteiger partial charge in [-0.15, -0.1) is 0 Å². The normalized spacial score (nSPS) is 12.2. The van der Waals surface area contributed by atoms with Crippen LogP contribution in [0.15, 0.2) is 36.5 Å². The number of aromatic nitrogens is 1. The van der Waals surface area contributed by atoms with Crippen LogP contribution in [0.25, 0.3) is 0 Å². The largest absolute Gasteiger partial charge is 0.495 e. The van der Waals surface area contributed by atoms with Crippen molar-refractivity contribution in [3.63, 3.8) is 0 Å². The summed E-state index contributed by atoms with van der Waals surface area (Å²) >= 11 is 0. The van der Waals surface area contributed by atoms with Crippen LogP contribution in [0, 0.1) is 11.6 Å². The van der Waals surface area contributed by atoms with Crippen molar-refractivity contribution in [2.75, 3.05) is 14.2 Å². The van der Waals surface area contributed by atoms with E-state index in [0.29, 0.717) is 23.4 Å². The maximum absolute atomic E-state index is 13.2. The molecule has 1 unspecified atom stereocenters. The summed E-state index contributed by atoms with van der Waals surface area (Å²) in [5, 5.41) is 3.09. The van der Waals surface area contributed by atoms with Crippen molar-refractivity contribution < 1.29 is 13.5 Å². The quantitative estimate of drug-likeness (QED) is 0.913. The average Bonchev–Trinajstić information content (AvgIpc) is 2.43. The molecule has 5 heteroatoms. The van der Waals surface area contributed by atoms with Gasteiger partial charge in [-0.2, -0.15) is 0 Å². The van der Waals surface area contributed by atoms with E-state index in [1.807, 2.05) is 0 Å². The number of methoxy groups -OCH3 is 1. The summed E-state index contributed by atoms with van der Waals surface area (Å²) in [5.41, 5.74) is 1.27. The lowest BCUT2D eigenvalue weighted by molar-refractivity contribution is 0.396. The first-order valence-corrected chi connectivity index (χ1v) is 6.25. The van der Waals surface area contributed by atoms with Crippen LogP contribution in [0.1, 0.15) is 17.3 Å². The zero-order chi connectivity index (χ0) is 14.5. The predicted octanol–water partition coefficient (Wildman–Crippen LogP) is 2.87. The smallest absolute Gasteiger partial charge is 0.141 e. The highest BCUT2D eigenvalue weighted by Crippen LogP contribution is 2.25. The number of likely N-dealkylation sites (N-methyl/N-ethyl adjacent to an activating group) is 1. The maximum atomic E-state index is 13.2. The fraction of sp³-hybridized carbons (Fsp3) is 0.267. The molecule has 2 aromatic rings. The van der Waals surface area contributed by atoms with Gasteiger partial charge in [0.1, 0.15) is 17.4 Å². The number of pyridine rings is 1. The van der Waals surface area contributed by atoms with E-state index in [0.717, 1.165) is 6.07 Å². The van der Waals surface area contributed by atoms with Gasteiger partial charge in [0, 0.05) is 12.3 Å². The van der Waals surface area contributed by atoms with Gasteiger partial charge < -0.3 is 10.1 Å². The number of ether oxygens (including phenoxy) is 1. The molecule has 1 aromatic carbocycles. The van der Waals surface area contributed by atoms with Crippen molar-refractivity contribution in [3.05, 3.63) is 59.4 Å². The van der Waals surface area contributed by atoms with Crippen LogP contribution in [0.5, 0.6) is 5.75 Å². The molecule has 0 saturated carbocycles. The van der Waals surface area contributed by atoms with E-state index in [9.17, 15) is 8.78 Å². The van der Waals surface area contributed by atoms with E-state index >= 15 is 0 Å². The average molecular weight is 278 g/mol. The molecule has 0 bridgehead atoms. The number of halogens is 2. The molecule has 1 aromatic heterocycles. The van der Waals surface area contributed by atoms with E-state index in [1.54, 1.807) is 32.5 Å². The van der Waals surface area contributed by atoms with Gasteiger partial charge in [0.2, 0.25) is 0 Å². The first kappa shape index (κ1) is 14.4. The van der Waals surface area contributed by atoms with E-state index in [4.69, 9.17) is 4.74 Å². The molecule has 1 atom stereocenters. The van der Waals surface area contributed by atoms with E-state index in [-0.39, 0.29) is 6.04 Å². The lowest BCUT2D eigenvalue weighted by Gasteiger charge is -2.18. The number of benzene rings is 1. The van der Waals surface area contributed by atoms with Crippen molar-refractivity contribution in [3.8, 4) is 5.75 Å². The number of hydrogen-bond donors (Lipinski definition) is 1. The Labute approximate surface area is 116 Å². The van der Waals surface area contributed by atoms with E-state index < -0.39 is 11.6 Å². The number of hydrogen-bond acceptors (Lipinski definition) is 3. The van der Waals surface area contributed by atoms with Gasteiger partial charge in [-0.1, -0.05) is 0 Å². The molecule has 0 aliphatic heterocycles. The molecule has 0 aliphatic carbocycles. The molecular formula is C15H16F2N2O. The SMILES string of the molecule is CNC(Cc1cc(F)cc(F)c1)c1ncccc1OC. The first-order valence-electron chi connectivity index (χ1n) is 6.25. The third-order valence-corrected chi connectivity index (χ3v) is 3.06. The number of nitrogens with one attached hydrogen (secondary N) is 1. The predicted molar refractivity (Wildman–Crippen MR) is 72.7 cm³/mol. The lowest BCUT2D eigenvalue weighted by atomic mass is 10.0. The van der Waals surface area contributed by atoms with Crippen LogP contribution in [-0.2, 0) is 6.42 Å². The van der Waals surface area contributed by atoms with Gasteiger partial charge in [-0.3, -0.25) is 4.98 Å². The Morgan fingerprint density at radius 1 is 1.25 bits per heavy atom. The molecule has 0 fully saturated rings. The second kappa shape index (κ2) is 6.43. The fourth-order valence-electron chi connectivity index (χ4n) is 2.14. The molecule has 0 radical (unpaired) electrons. The van der Waals surface area contributed by atoms with Gasteiger partial charge in [-0.25, -0.2) is 8.78 Å². The van der Waals surface area contributed by atoms with E-state index in [1.165, 1.54) is 12.1 Å². The summed E-state index contributed by atoms with van der Waals surface area (Å²) in [5.74, 6) is -0.519. The maximum Gasteiger partial charge on any atom is 0.141 e. The summed E-state index contributed by atoms with van der Waals surface area (Å²) < 4.78 is 31.7. The number of nitrogens with zero attached hydrogens (tertiary/aromatic N) is 1. The van der Waals surface area contributed by atoms with Crippen molar-refractivity contribution in [1.29, 1.82) is 0 Å². The van der Waals surface area contributed by atoms with Gasteiger partial charge in [0.25, 0.3) is 0 Å². The minimum Gasteiger partial charge on any atom is -0.495 e. The van der Waals surface area contributed by atoms with Crippen molar-refractivity contribution in [1.82, 2.24) is 10.3 Å². The molecule has 0 saturated heterocycles. The third-order valence-electron chi connectivity index (χ3n) is 3.06. The Hall–Kier alpha value is -2.01. The minimum absolute atomic E-state index is 0.188. The van der Waals surface area contributed by atoms with Crippen LogP contribution in [0.4, 0.5) is 8.78 Å². The molecule has 106 valence electrons. The Balaban J connectivity index is 2.28. The minimum atomic E-state index is -0.581. The lowest BCUT2D eigenvalue weighted by Crippen LogP contribution is -2.21. The molecule has 2 rings (SSSR count). The standard InChI is InChI=1S/C15H16F2N2O/c1-18-13(15-14(20-2)4-3-5-19-15)8-10-6-11(16)9-12(17)7-10/h3-7,9,13,18H,8H2,1-2H3. The highest BCUT2D eigenvalue weighted by atomic mass is 19.1. The Bertz CT molecular complexity index is 570. The topological polar surface area (TPSA) is 34.2 Å². The van der Waals surface area contributed by atoms with Gasteiger partial charge >= 0.3 is 0 Å². The van der Waals surface area contributed by atoms with E-state index in [2.05, 4.69) is 10.3 Å². The Morgan fingerprint density at radius 2 is 1.95 bits per heavy atom. The Kier molecular flexibility index (Phi) is 4.63. The molecule has 0 aliphatic rings. The monoisotopic (exact) mass is 278 g/mol. The molecule has 0 amide bonds. The van der Waals surface area contributed by atoms with Gasteiger partial charge in [0.15, 0.2) is 0 Å². The van der Waals surface area contributed by atoms with Crippen LogP contribution in [-0.4, -0.2) is 19.1 Å². The van der Waals surface area contributed by atoms with Crippen LogP contribution in [0.2, 0.25) is 0 Å². The molecule has 0 spiro atoms. The van der Waals surface area contributed by atoms with Crippen molar-refractivity contribution >= 4 is 0 Å². The zero-order valence-electron chi connectivity index (χ0n) is 11.4. The molecule has 1 heterocycles. The molecule has 3 nitrogen and oxygen atoms in total. The summed E-state index contributed by atoms with van der Waals surface area (Å²) in [6.45, 7) is 0. The van der Waals surface area contributed by atoms with Crippen molar-refractivity contribution in [2.45, 2.75) is 12.5 Å². The summed E-state index contributed by atoms with van der Waals surface area (Å²) in [4.78, 5) is 4.29. The molecule has 20 heavy (non-hydrogen) atoms. The van der Waals surface area contributed by atoms with Crippen LogP contribution >= 0.6 is 0 Å². The molecule has 1 N–H and O–H groups in total. The molecular weight excluding hydrogens is 262 g/mol. The van der Waals surface area contributed by atoms with Crippen LogP contribution in [0.3, 0.4) is 0 Å². The number of rotatable bonds is 5. The Morgan fingerprint density at radius 3 is 2.55 bits per heavy atom. The summed E-state index contributed by atoms with van der Waals surface area (Å²) in [6, 6.07) is 6.90. The highest BCUT2D eigenvalue weighted by molar-refractivity contribution is 5.31.